The second-order valence-electron chi connectivity index (χ2n) is 8.02. The number of pyridine rings is 1. The van der Waals surface area contributed by atoms with Crippen molar-refractivity contribution in [1.29, 1.82) is 0 Å². The van der Waals surface area contributed by atoms with E-state index in [2.05, 4.69) is 31.1 Å². The number of aryl methyl sites for hydroxylation is 1. The van der Waals surface area contributed by atoms with Gasteiger partial charge in [-0.1, -0.05) is 41.7 Å². The van der Waals surface area contributed by atoms with E-state index in [9.17, 15) is 14.4 Å². The van der Waals surface area contributed by atoms with Gasteiger partial charge in [0.2, 0.25) is 11.0 Å². The van der Waals surface area contributed by atoms with Crippen LogP contribution in [-0.4, -0.2) is 38.2 Å². The third kappa shape index (κ3) is 7.58. The molecule has 2 aromatic heterocycles. The molecule has 0 aliphatic rings. The number of benzene rings is 2. The van der Waals surface area contributed by atoms with Gasteiger partial charge < -0.3 is 10.6 Å². The molecule has 0 saturated carbocycles. The van der Waals surface area contributed by atoms with Gasteiger partial charge in [-0.3, -0.25) is 24.7 Å². The standard InChI is InChI=1S/C27H24N6O3S2/c1-17(24(34)31-27-33-32-18(2)38-27)37-22-12-6-11-21(15-22)29-26(36)23(14-19-8-7-13-28-16-19)30-25(35)20-9-4-3-5-10-20/h3-17H,1-2H3,(H,29,36)(H,30,35)(H,31,33,34)/b23-14-. The van der Waals surface area contributed by atoms with Gasteiger partial charge in [0.05, 0.1) is 5.25 Å². The molecule has 192 valence electrons. The number of hydrogen-bond acceptors (Lipinski definition) is 8. The fourth-order valence-electron chi connectivity index (χ4n) is 3.23. The van der Waals surface area contributed by atoms with E-state index in [1.165, 1.54) is 23.1 Å². The van der Waals surface area contributed by atoms with Gasteiger partial charge in [-0.05, 0) is 61.9 Å². The first-order chi connectivity index (χ1) is 18.4. The maximum absolute atomic E-state index is 13.2. The molecule has 1 atom stereocenters. The summed E-state index contributed by atoms with van der Waals surface area (Å²) in [6.45, 7) is 3.60. The lowest BCUT2D eigenvalue weighted by atomic mass is 10.2. The van der Waals surface area contributed by atoms with Crippen LogP contribution >= 0.6 is 23.1 Å². The van der Waals surface area contributed by atoms with E-state index in [0.29, 0.717) is 21.9 Å². The predicted molar refractivity (Wildman–Crippen MR) is 150 cm³/mol. The first-order valence-electron chi connectivity index (χ1n) is 11.5. The molecule has 0 fully saturated rings. The van der Waals surface area contributed by atoms with Crippen molar-refractivity contribution in [3.8, 4) is 0 Å². The number of nitrogens with one attached hydrogen (secondary N) is 3. The van der Waals surface area contributed by atoms with Crippen molar-refractivity contribution < 1.29 is 14.4 Å². The summed E-state index contributed by atoms with van der Waals surface area (Å²) in [7, 11) is 0. The molecule has 4 rings (SSSR count). The highest BCUT2D eigenvalue weighted by molar-refractivity contribution is 8.00. The average molecular weight is 545 g/mol. The minimum Gasteiger partial charge on any atom is -0.321 e. The molecule has 0 aliphatic heterocycles. The van der Waals surface area contributed by atoms with Gasteiger partial charge in [0.1, 0.15) is 10.7 Å². The summed E-state index contributed by atoms with van der Waals surface area (Å²) in [6.07, 6.45) is 4.77. The number of hydrogen-bond donors (Lipinski definition) is 3. The lowest BCUT2D eigenvalue weighted by Gasteiger charge is -2.13. The van der Waals surface area contributed by atoms with Crippen LogP contribution in [0.3, 0.4) is 0 Å². The van der Waals surface area contributed by atoms with Crippen LogP contribution in [0, 0.1) is 6.92 Å². The number of carbonyl (C=O) groups is 3. The number of nitrogens with zero attached hydrogens (tertiary/aromatic N) is 3. The molecular weight excluding hydrogens is 520 g/mol. The molecular formula is C27H24N6O3S2. The zero-order valence-electron chi connectivity index (χ0n) is 20.5. The van der Waals surface area contributed by atoms with Crippen molar-refractivity contribution in [2.24, 2.45) is 0 Å². The van der Waals surface area contributed by atoms with Crippen molar-refractivity contribution in [2.75, 3.05) is 10.6 Å². The Morgan fingerprint density at radius 2 is 1.79 bits per heavy atom. The summed E-state index contributed by atoms with van der Waals surface area (Å²) < 4.78 is 0. The Morgan fingerprint density at radius 1 is 0.974 bits per heavy atom. The molecule has 0 radical (unpaired) electrons. The van der Waals surface area contributed by atoms with Gasteiger partial charge in [0.15, 0.2) is 0 Å². The number of rotatable bonds is 9. The Balaban J connectivity index is 1.46. The van der Waals surface area contributed by atoms with Crippen LogP contribution in [0.25, 0.3) is 6.08 Å². The third-order valence-electron chi connectivity index (χ3n) is 5.05. The lowest BCUT2D eigenvalue weighted by molar-refractivity contribution is -0.115. The van der Waals surface area contributed by atoms with Crippen LogP contribution in [0.1, 0.15) is 27.9 Å². The van der Waals surface area contributed by atoms with Gasteiger partial charge in [0.25, 0.3) is 11.8 Å². The fourth-order valence-corrected chi connectivity index (χ4v) is 4.75. The Morgan fingerprint density at radius 3 is 2.50 bits per heavy atom. The van der Waals surface area contributed by atoms with E-state index in [-0.39, 0.29) is 11.6 Å². The summed E-state index contributed by atoms with van der Waals surface area (Å²) in [5.41, 5.74) is 1.65. The molecule has 0 aliphatic carbocycles. The summed E-state index contributed by atoms with van der Waals surface area (Å²) in [5, 5.41) is 16.9. The monoisotopic (exact) mass is 544 g/mol. The van der Waals surface area contributed by atoms with Crippen molar-refractivity contribution in [3.63, 3.8) is 0 Å². The maximum atomic E-state index is 13.2. The second-order valence-corrected chi connectivity index (χ2v) is 10.6. The Labute approximate surface area is 227 Å². The molecule has 0 spiro atoms. The highest BCUT2D eigenvalue weighted by Gasteiger charge is 2.18. The molecule has 0 saturated heterocycles. The van der Waals surface area contributed by atoms with Crippen LogP contribution in [-0.2, 0) is 9.59 Å². The molecule has 38 heavy (non-hydrogen) atoms. The number of anilines is 2. The number of carbonyl (C=O) groups excluding carboxylic acids is 3. The van der Waals surface area contributed by atoms with Crippen LogP contribution in [0.2, 0.25) is 0 Å². The summed E-state index contributed by atoms with van der Waals surface area (Å²) in [6, 6.07) is 19.3. The molecule has 1 unspecified atom stereocenters. The number of thioether (sulfide) groups is 1. The first kappa shape index (κ1) is 26.7. The lowest BCUT2D eigenvalue weighted by Crippen LogP contribution is -2.30. The predicted octanol–water partition coefficient (Wildman–Crippen LogP) is 4.77. The first-order valence-corrected chi connectivity index (χ1v) is 13.2. The van der Waals surface area contributed by atoms with E-state index in [1.54, 1.807) is 80.0 Å². The van der Waals surface area contributed by atoms with E-state index in [0.717, 1.165) is 9.90 Å². The van der Waals surface area contributed by atoms with Gasteiger partial charge in [-0.15, -0.1) is 22.0 Å². The Kier molecular flexibility index (Phi) is 8.96. The quantitative estimate of drug-likeness (QED) is 0.205. The number of amides is 3. The third-order valence-corrected chi connectivity index (χ3v) is 6.90. The molecule has 9 nitrogen and oxygen atoms in total. The SMILES string of the molecule is Cc1nnc(NC(=O)C(C)Sc2cccc(NC(=O)/C(=C/c3cccnc3)NC(=O)c3ccccc3)c2)s1. The minimum atomic E-state index is -0.502. The van der Waals surface area contributed by atoms with Gasteiger partial charge >= 0.3 is 0 Å². The highest BCUT2D eigenvalue weighted by atomic mass is 32.2. The Hall–Kier alpha value is -4.35. The van der Waals surface area contributed by atoms with E-state index in [1.807, 2.05) is 19.1 Å². The minimum absolute atomic E-state index is 0.0602. The van der Waals surface area contributed by atoms with Crippen molar-refractivity contribution in [2.45, 2.75) is 24.0 Å². The van der Waals surface area contributed by atoms with E-state index >= 15 is 0 Å². The largest absolute Gasteiger partial charge is 0.321 e. The van der Waals surface area contributed by atoms with E-state index < -0.39 is 17.1 Å². The fraction of sp³-hybridized carbons (Fsp3) is 0.111. The molecule has 3 amide bonds. The zero-order chi connectivity index (χ0) is 26.9. The summed E-state index contributed by atoms with van der Waals surface area (Å²) >= 11 is 2.64. The van der Waals surface area contributed by atoms with E-state index in [4.69, 9.17) is 0 Å². The molecule has 4 aromatic rings. The normalized spacial score (nSPS) is 11.9. The number of aromatic nitrogens is 3. The topological polar surface area (TPSA) is 126 Å². The van der Waals surface area contributed by atoms with Crippen molar-refractivity contribution in [3.05, 3.63) is 101 Å². The van der Waals surface area contributed by atoms with Crippen LogP contribution in [0.15, 0.2) is 89.7 Å². The highest BCUT2D eigenvalue weighted by Crippen LogP contribution is 2.27. The van der Waals surface area contributed by atoms with Crippen molar-refractivity contribution in [1.82, 2.24) is 20.5 Å². The second kappa shape index (κ2) is 12.7. The molecule has 0 bridgehead atoms. The summed E-state index contributed by atoms with van der Waals surface area (Å²) in [4.78, 5) is 43.4. The molecule has 11 heteroatoms. The van der Waals surface area contributed by atoms with Gasteiger partial charge in [-0.25, -0.2) is 0 Å². The Bertz CT molecular complexity index is 1460. The van der Waals surface area contributed by atoms with Gasteiger partial charge in [0, 0.05) is 28.5 Å². The average Bonchev–Trinajstić information content (AvgIpc) is 3.33. The smallest absolute Gasteiger partial charge is 0.272 e. The zero-order valence-corrected chi connectivity index (χ0v) is 22.2. The maximum Gasteiger partial charge on any atom is 0.272 e. The van der Waals surface area contributed by atoms with Gasteiger partial charge in [-0.2, -0.15) is 0 Å². The molecule has 2 aromatic carbocycles. The molecule has 3 N–H and O–H groups in total. The van der Waals surface area contributed by atoms with Crippen LogP contribution in [0.4, 0.5) is 10.8 Å². The summed E-state index contributed by atoms with van der Waals surface area (Å²) in [5.74, 6) is -1.12. The molecule has 2 heterocycles. The van der Waals surface area contributed by atoms with Crippen LogP contribution in [0.5, 0.6) is 0 Å². The van der Waals surface area contributed by atoms with Crippen molar-refractivity contribution >= 4 is 57.7 Å². The van der Waals surface area contributed by atoms with Crippen LogP contribution < -0.4 is 16.0 Å².